The monoisotopic (exact) mass is 771 g/mol. The van der Waals surface area contributed by atoms with Crippen LogP contribution in [-0.4, -0.2) is 18.3 Å². The molecule has 0 amide bonds. The highest BCUT2D eigenvalue weighted by Gasteiger charge is 2.41. The van der Waals surface area contributed by atoms with E-state index in [1.807, 2.05) is 0 Å². The summed E-state index contributed by atoms with van der Waals surface area (Å²) < 4.78 is 37.7. The molecule has 3 unspecified atom stereocenters. The Morgan fingerprint density at radius 1 is 0.283 bits per heavy atom. The Bertz CT molecular complexity index is 666. The van der Waals surface area contributed by atoms with E-state index in [1.165, 1.54) is 135 Å². The van der Waals surface area contributed by atoms with E-state index in [4.69, 9.17) is 13.6 Å². The molecule has 0 radical (unpaired) electrons. The molecule has 0 aliphatic carbocycles. The molecule has 0 aromatic rings. The van der Waals surface area contributed by atoms with Gasteiger partial charge in [0.2, 0.25) is 0 Å². The van der Waals surface area contributed by atoms with Gasteiger partial charge < -0.3 is 0 Å². The first-order valence-corrected chi connectivity index (χ1v) is 25.9. The molecule has 3 atom stereocenters. The number of hydrogen-bond acceptors (Lipinski definition) is 4. The molecule has 0 rings (SSSR count). The van der Waals surface area contributed by atoms with Crippen LogP contribution in [0.3, 0.4) is 0 Å². The second kappa shape index (κ2) is 37.7. The van der Waals surface area contributed by atoms with E-state index in [9.17, 15) is 0 Å². The van der Waals surface area contributed by atoms with Crippen molar-refractivity contribution in [2.75, 3.05) is 0 Å². The van der Waals surface area contributed by atoms with Crippen LogP contribution in [0.15, 0.2) is 0 Å². The third-order valence-electron chi connectivity index (χ3n) is 12.0. The average Bonchev–Trinajstić information content (AvgIpc) is 3.16. The van der Waals surface area contributed by atoms with Crippen molar-refractivity contribution in [2.24, 2.45) is 17.8 Å². The number of unbranched alkanes of at least 4 members (excludes halogenated alkanes) is 15. The first kappa shape index (κ1) is 53.1. The topological polar surface area (TPSA) is 44.8 Å². The summed E-state index contributed by atoms with van der Waals surface area (Å²) in [6.07, 6.45) is 38.2. The van der Waals surface area contributed by atoms with Crippen LogP contribution in [0.2, 0.25) is 0 Å². The maximum Gasteiger partial charge on any atom is 0.475 e. The Labute approximate surface area is 335 Å². The Morgan fingerprint density at radius 3 is 0.679 bits per heavy atom. The van der Waals surface area contributed by atoms with E-state index >= 15 is 4.57 Å². The molecular weight excluding hydrogens is 671 g/mol. The molecule has 0 aromatic carbocycles. The second-order valence-corrected chi connectivity index (χ2v) is 18.6. The van der Waals surface area contributed by atoms with Gasteiger partial charge in [-0.05, 0) is 75.5 Å². The van der Waals surface area contributed by atoms with E-state index < -0.39 is 7.82 Å². The van der Waals surface area contributed by atoms with Gasteiger partial charge in [0, 0.05) is 0 Å². The van der Waals surface area contributed by atoms with Crippen LogP contribution in [0.25, 0.3) is 0 Å². The fourth-order valence-electron chi connectivity index (χ4n) is 8.36. The van der Waals surface area contributed by atoms with Crippen molar-refractivity contribution in [1.82, 2.24) is 0 Å². The Hall–Kier alpha value is 0.110. The van der Waals surface area contributed by atoms with Crippen molar-refractivity contribution in [3.8, 4) is 0 Å². The largest absolute Gasteiger partial charge is 0.475 e. The molecule has 4 nitrogen and oxygen atoms in total. The standard InChI is InChI=1S/C48H99O4P/c1-10-19-28-31-40-46(43(34-22-13-4)35-23-14-5)50-53(49,51-47(41-32-29-20-11-2)44(36-24-15-6)37-25-16-7)52-48(42-33-30-21-12-3)45(38-26-17-8)39-27-18-9/h43-48H,10-42H2,1-9H3. The average molecular weight is 771 g/mol. The van der Waals surface area contributed by atoms with Gasteiger partial charge in [-0.1, -0.05) is 216 Å². The molecule has 0 bridgehead atoms. The van der Waals surface area contributed by atoms with Crippen LogP contribution >= 0.6 is 7.82 Å². The van der Waals surface area contributed by atoms with E-state index in [2.05, 4.69) is 62.3 Å². The molecule has 0 saturated heterocycles. The van der Waals surface area contributed by atoms with Gasteiger partial charge in [0.25, 0.3) is 0 Å². The zero-order valence-corrected chi connectivity index (χ0v) is 38.8. The predicted molar refractivity (Wildman–Crippen MR) is 236 cm³/mol. The smallest absolute Gasteiger partial charge is 0.283 e. The van der Waals surface area contributed by atoms with E-state index in [1.54, 1.807) is 0 Å². The predicted octanol–water partition coefficient (Wildman–Crippen LogP) is 18.2. The van der Waals surface area contributed by atoms with E-state index in [-0.39, 0.29) is 18.3 Å². The minimum Gasteiger partial charge on any atom is -0.283 e. The van der Waals surface area contributed by atoms with Crippen molar-refractivity contribution in [1.29, 1.82) is 0 Å². The number of phosphoric ester groups is 1. The highest BCUT2D eigenvalue weighted by molar-refractivity contribution is 7.48. The minimum atomic E-state index is -3.91. The highest BCUT2D eigenvalue weighted by atomic mass is 31.2. The summed E-state index contributed by atoms with van der Waals surface area (Å²) in [4.78, 5) is 0. The van der Waals surface area contributed by atoms with Gasteiger partial charge in [-0.25, -0.2) is 4.57 Å². The van der Waals surface area contributed by atoms with Gasteiger partial charge in [0.15, 0.2) is 0 Å². The quantitative estimate of drug-likeness (QED) is 0.0458. The summed E-state index contributed by atoms with van der Waals surface area (Å²) in [7, 11) is -3.91. The minimum absolute atomic E-state index is 0.0771. The summed E-state index contributed by atoms with van der Waals surface area (Å²) in [6, 6.07) is 0. The third kappa shape index (κ3) is 27.4. The molecule has 0 saturated carbocycles. The van der Waals surface area contributed by atoms with Crippen LogP contribution < -0.4 is 0 Å². The lowest BCUT2D eigenvalue weighted by atomic mass is 9.88. The summed E-state index contributed by atoms with van der Waals surface area (Å²) in [6.45, 7) is 20.7. The Balaban J connectivity index is 7.22. The van der Waals surface area contributed by atoms with Crippen molar-refractivity contribution >= 4 is 7.82 Å². The first-order chi connectivity index (χ1) is 25.8. The van der Waals surface area contributed by atoms with Crippen LogP contribution in [0.1, 0.15) is 274 Å². The molecular formula is C48H99O4P. The molecule has 0 aromatic heterocycles. The summed E-state index contributed by atoms with van der Waals surface area (Å²) >= 11 is 0. The third-order valence-corrected chi connectivity index (χ3v) is 13.6. The van der Waals surface area contributed by atoms with Crippen LogP contribution in [0, 0.1) is 17.8 Å². The Kier molecular flexibility index (Phi) is 37.8. The molecule has 320 valence electrons. The highest BCUT2D eigenvalue weighted by Crippen LogP contribution is 2.57. The van der Waals surface area contributed by atoms with Crippen LogP contribution in [-0.2, 0) is 18.1 Å². The zero-order valence-electron chi connectivity index (χ0n) is 37.9. The maximum absolute atomic E-state index is 16.0. The molecule has 5 heteroatoms. The lowest BCUT2D eigenvalue weighted by Crippen LogP contribution is -2.31. The zero-order chi connectivity index (χ0) is 39.4. The first-order valence-electron chi connectivity index (χ1n) is 24.5. The fraction of sp³-hybridized carbons (Fsp3) is 1.00. The maximum atomic E-state index is 16.0. The fourth-order valence-corrected chi connectivity index (χ4v) is 10.3. The summed E-state index contributed by atoms with van der Waals surface area (Å²) in [5, 5.41) is 0. The molecule has 0 spiro atoms. The number of phosphoric acid groups is 1. The molecule has 53 heavy (non-hydrogen) atoms. The lowest BCUT2D eigenvalue weighted by molar-refractivity contribution is -0.0232. The van der Waals surface area contributed by atoms with E-state index in [0.29, 0.717) is 17.8 Å². The number of hydrogen-bond donors (Lipinski definition) is 0. The number of rotatable bonds is 42. The molecule has 0 heterocycles. The molecule has 0 fully saturated rings. The van der Waals surface area contributed by atoms with Crippen molar-refractivity contribution in [3.63, 3.8) is 0 Å². The summed E-state index contributed by atoms with van der Waals surface area (Å²) in [5.41, 5.74) is 0. The van der Waals surface area contributed by atoms with Crippen molar-refractivity contribution in [3.05, 3.63) is 0 Å². The summed E-state index contributed by atoms with van der Waals surface area (Å²) in [5.74, 6) is 1.19. The van der Waals surface area contributed by atoms with Gasteiger partial charge in [-0.2, -0.15) is 0 Å². The van der Waals surface area contributed by atoms with Crippen LogP contribution in [0.4, 0.5) is 0 Å². The van der Waals surface area contributed by atoms with Gasteiger partial charge in [-0.15, -0.1) is 0 Å². The molecule has 0 N–H and O–H groups in total. The van der Waals surface area contributed by atoms with Crippen molar-refractivity contribution in [2.45, 2.75) is 293 Å². The second-order valence-electron chi connectivity index (χ2n) is 17.1. The molecule has 0 aliphatic rings. The normalized spacial score (nSPS) is 15.1. The van der Waals surface area contributed by atoms with Crippen molar-refractivity contribution < 1.29 is 18.1 Å². The van der Waals surface area contributed by atoms with Gasteiger partial charge in [-0.3, -0.25) is 13.6 Å². The molecule has 0 aliphatic heterocycles. The van der Waals surface area contributed by atoms with Gasteiger partial charge in [0.05, 0.1) is 18.3 Å². The lowest BCUT2D eigenvalue weighted by Gasteiger charge is -2.37. The van der Waals surface area contributed by atoms with Crippen LogP contribution in [0.5, 0.6) is 0 Å². The van der Waals surface area contributed by atoms with Gasteiger partial charge in [0.1, 0.15) is 0 Å². The van der Waals surface area contributed by atoms with E-state index in [0.717, 1.165) is 77.0 Å². The Morgan fingerprint density at radius 2 is 0.491 bits per heavy atom. The van der Waals surface area contributed by atoms with Gasteiger partial charge >= 0.3 is 7.82 Å². The SMILES string of the molecule is CCCCCCC(OP(=O)(OC(CCCCCC)C(CCCC)CCCC)OC(CCCCCC)C(CCCC)CCCC)C(CCCC)CCCC.